The number of furan rings is 1. The van der Waals surface area contributed by atoms with Crippen LogP contribution in [0.5, 0.6) is 0 Å². The van der Waals surface area contributed by atoms with Crippen LogP contribution in [0, 0.1) is 0 Å². The van der Waals surface area contributed by atoms with Gasteiger partial charge in [0.05, 0.1) is 6.26 Å². The van der Waals surface area contributed by atoms with Crippen molar-refractivity contribution in [2.75, 3.05) is 32.7 Å². The quantitative estimate of drug-likeness (QED) is 0.676. The van der Waals surface area contributed by atoms with Gasteiger partial charge in [-0.25, -0.2) is 0 Å². The first-order chi connectivity index (χ1) is 12.7. The summed E-state index contributed by atoms with van der Waals surface area (Å²) in [5, 5.41) is 8.99. The molecule has 1 fully saturated rings. The minimum Gasteiger partial charge on any atom is -0.459 e. The van der Waals surface area contributed by atoms with E-state index in [1.165, 1.54) is 6.26 Å². The highest BCUT2D eigenvalue weighted by atomic mass is 16.3. The highest BCUT2D eigenvalue weighted by Crippen LogP contribution is 2.03. The first-order valence-electron chi connectivity index (χ1n) is 8.81. The molecule has 2 aromatic rings. The molecular weight excluding hydrogens is 332 g/mol. The lowest BCUT2D eigenvalue weighted by Gasteiger charge is -2.30. The maximum absolute atomic E-state index is 12.7. The van der Waals surface area contributed by atoms with Gasteiger partial charge in [0.1, 0.15) is 6.04 Å². The lowest BCUT2D eigenvalue weighted by atomic mass is 10.2. The lowest BCUT2D eigenvalue weighted by Crippen LogP contribution is -2.55. The molecule has 3 N–H and O–H groups in total. The summed E-state index contributed by atoms with van der Waals surface area (Å²) >= 11 is 0. The average Bonchev–Trinajstić information content (AvgIpc) is 3.22. The summed E-state index contributed by atoms with van der Waals surface area (Å²) in [5.74, 6) is -0.386. The van der Waals surface area contributed by atoms with Crippen LogP contribution in [0.25, 0.3) is 0 Å². The third-order valence-corrected chi connectivity index (χ3v) is 4.33. The number of piperazine rings is 1. The Hall–Kier alpha value is -2.64. The van der Waals surface area contributed by atoms with E-state index in [9.17, 15) is 9.59 Å². The van der Waals surface area contributed by atoms with Crippen molar-refractivity contribution in [1.29, 1.82) is 0 Å². The van der Waals surface area contributed by atoms with Crippen molar-refractivity contribution < 1.29 is 14.0 Å². The molecule has 2 amide bonds. The van der Waals surface area contributed by atoms with E-state index in [0.29, 0.717) is 13.1 Å². The molecule has 0 saturated carbocycles. The molecule has 7 nitrogen and oxygen atoms in total. The standard InChI is InChI=1S/C19H24N4O3/c24-18(21-13-15-5-2-1-3-6-15)16(14-23-10-8-20-9-11-23)22-19(25)17-7-4-12-26-17/h1-7,12,16,20H,8-11,13-14H2,(H,21,24)(H,22,25). The van der Waals surface area contributed by atoms with Crippen LogP contribution in [-0.2, 0) is 11.3 Å². The Morgan fingerprint density at radius 3 is 2.58 bits per heavy atom. The van der Waals surface area contributed by atoms with E-state index >= 15 is 0 Å². The van der Waals surface area contributed by atoms with E-state index in [1.807, 2.05) is 30.3 Å². The molecule has 1 aromatic carbocycles. The van der Waals surface area contributed by atoms with Gasteiger partial charge in [0.15, 0.2) is 5.76 Å². The highest BCUT2D eigenvalue weighted by Gasteiger charge is 2.25. The van der Waals surface area contributed by atoms with Crippen LogP contribution >= 0.6 is 0 Å². The van der Waals surface area contributed by atoms with E-state index in [4.69, 9.17) is 4.42 Å². The maximum atomic E-state index is 12.7. The summed E-state index contributed by atoms with van der Waals surface area (Å²) < 4.78 is 5.13. The predicted molar refractivity (Wildman–Crippen MR) is 97.6 cm³/mol. The Labute approximate surface area is 152 Å². The van der Waals surface area contributed by atoms with Crippen molar-refractivity contribution in [2.45, 2.75) is 12.6 Å². The fourth-order valence-corrected chi connectivity index (χ4v) is 2.89. The molecule has 1 unspecified atom stereocenters. The SMILES string of the molecule is O=C(NC(CN1CCNCC1)C(=O)NCc1ccccc1)c1ccco1. The van der Waals surface area contributed by atoms with Crippen molar-refractivity contribution in [3.63, 3.8) is 0 Å². The van der Waals surface area contributed by atoms with Crippen LogP contribution in [0.15, 0.2) is 53.1 Å². The molecular formula is C19H24N4O3. The fourth-order valence-electron chi connectivity index (χ4n) is 2.89. The van der Waals surface area contributed by atoms with Gasteiger partial charge in [-0.3, -0.25) is 14.5 Å². The van der Waals surface area contributed by atoms with Gasteiger partial charge in [0, 0.05) is 39.3 Å². The highest BCUT2D eigenvalue weighted by molar-refractivity contribution is 5.95. The number of rotatable bonds is 7. The molecule has 0 radical (unpaired) electrons. The Balaban J connectivity index is 1.62. The Morgan fingerprint density at radius 2 is 1.88 bits per heavy atom. The minimum absolute atomic E-state index is 0.200. The lowest BCUT2D eigenvalue weighted by molar-refractivity contribution is -0.123. The Bertz CT molecular complexity index is 697. The second-order valence-electron chi connectivity index (χ2n) is 6.26. The maximum Gasteiger partial charge on any atom is 0.287 e. The van der Waals surface area contributed by atoms with Gasteiger partial charge < -0.3 is 20.4 Å². The zero-order chi connectivity index (χ0) is 18.2. The van der Waals surface area contributed by atoms with Crippen molar-refractivity contribution in [1.82, 2.24) is 20.9 Å². The molecule has 0 spiro atoms. The molecule has 1 aliphatic heterocycles. The van der Waals surface area contributed by atoms with Gasteiger partial charge in [-0.2, -0.15) is 0 Å². The zero-order valence-corrected chi connectivity index (χ0v) is 14.6. The first-order valence-corrected chi connectivity index (χ1v) is 8.81. The summed E-state index contributed by atoms with van der Waals surface area (Å²) in [6.07, 6.45) is 1.44. The van der Waals surface area contributed by atoms with E-state index in [0.717, 1.165) is 31.7 Å². The second kappa shape index (κ2) is 9.17. The number of amides is 2. The fraction of sp³-hybridized carbons (Fsp3) is 0.368. The summed E-state index contributed by atoms with van der Waals surface area (Å²) in [4.78, 5) is 27.2. The van der Waals surface area contributed by atoms with E-state index < -0.39 is 6.04 Å². The largest absolute Gasteiger partial charge is 0.459 e. The summed E-state index contributed by atoms with van der Waals surface area (Å²) in [7, 11) is 0. The van der Waals surface area contributed by atoms with Gasteiger partial charge in [-0.1, -0.05) is 30.3 Å². The summed E-state index contributed by atoms with van der Waals surface area (Å²) in [6, 6.07) is 12.3. The minimum atomic E-state index is -0.644. The molecule has 138 valence electrons. The predicted octanol–water partition coefficient (Wildman–Crippen LogP) is 0.600. The van der Waals surface area contributed by atoms with Crippen LogP contribution < -0.4 is 16.0 Å². The van der Waals surface area contributed by atoms with Crippen LogP contribution in [0.3, 0.4) is 0 Å². The molecule has 3 rings (SSSR count). The number of carbonyl (C=O) groups excluding carboxylic acids is 2. The van der Waals surface area contributed by atoms with E-state index in [1.54, 1.807) is 12.1 Å². The van der Waals surface area contributed by atoms with Crippen LogP contribution in [-0.4, -0.2) is 55.5 Å². The molecule has 7 heteroatoms. The van der Waals surface area contributed by atoms with Crippen LogP contribution in [0.1, 0.15) is 16.1 Å². The number of nitrogens with zero attached hydrogens (tertiary/aromatic N) is 1. The van der Waals surface area contributed by atoms with Crippen molar-refractivity contribution in [2.24, 2.45) is 0 Å². The summed E-state index contributed by atoms with van der Waals surface area (Å²) in [6.45, 7) is 4.34. The smallest absolute Gasteiger partial charge is 0.287 e. The molecule has 1 aliphatic rings. The molecule has 1 saturated heterocycles. The van der Waals surface area contributed by atoms with Gasteiger partial charge >= 0.3 is 0 Å². The van der Waals surface area contributed by atoms with Crippen LogP contribution in [0.4, 0.5) is 0 Å². The van der Waals surface area contributed by atoms with Gasteiger partial charge in [0.25, 0.3) is 5.91 Å². The molecule has 1 aromatic heterocycles. The molecule has 26 heavy (non-hydrogen) atoms. The molecule has 2 heterocycles. The Morgan fingerprint density at radius 1 is 1.12 bits per heavy atom. The third kappa shape index (κ3) is 5.18. The zero-order valence-electron chi connectivity index (χ0n) is 14.6. The first kappa shape index (κ1) is 18.2. The number of benzene rings is 1. The third-order valence-electron chi connectivity index (χ3n) is 4.33. The van der Waals surface area contributed by atoms with Gasteiger partial charge in [0.2, 0.25) is 5.91 Å². The van der Waals surface area contributed by atoms with Crippen molar-refractivity contribution >= 4 is 11.8 Å². The number of hydrogen-bond donors (Lipinski definition) is 3. The summed E-state index contributed by atoms with van der Waals surface area (Å²) in [5.41, 5.74) is 1.01. The van der Waals surface area contributed by atoms with E-state index in [-0.39, 0.29) is 17.6 Å². The number of hydrogen-bond acceptors (Lipinski definition) is 5. The monoisotopic (exact) mass is 356 g/mol. The van der Waals surface area contributed by atoms with Gasteiger partial charge in [-0.05, 0) is 17.7 Å². The molecule has 1 atom stereocenters. The molecule has 0 bridgehead atoms. The number of nitrogens with one attached hydrogen (secondary N) is 3. The van der Waals surface area contributed by atoms with Crippen molar-refractivity contribution in [3.8, 4) is 0 Å². The molecule has 0 aliphatic carbocycles. The normalized spacial score (nSPS) is 16.0. The number of carbonyl (C=O) groups is 2. The van der Waals surface area contributed by atoms with Gasteiger partial charge in [-0.15, -0.1) is 0 Å². The second-order valence-corrected chi connectivity index (χ2v) is 6.26. The van der Waals surface area contributed by atoms with Crippen molar-refractivity contribution in [3.05, 3.63) is 60.1 Å². The van der Waals surface area contributed by atoms with E-state index in [2.05, 4.69) is 20.9 Å². The Kier molecular flexibility index (Phi) is 6.40. The van der Waals surface area contributed by atoms with Crippen LogP contribution in [0.2, 0.25) is 0 Å². The topological polar surface area (TPSA) is 86.6 Å². The average molecular weight is 356 g/mol.